The average molecular weight is 526 g/mol. The zero-order valence-corrected chi connectivity index (χ0v) is 20.4. The molecule has 0 N–H and O–H groups in total. The summed E-state index contributed by atoms with van der Waals surface area (Å²) in [7, 11) is 0. The van der Waals surface area contributed by atoms with Gasteiger partial charge in [-0.3, -0.25) is 0 Å². The molecule has 2 aromatic heterocycles. The summed E-state index contributed by atoms with van der Waals surface area (Å²) >= 11 is 0. The number of benzene rings is 7. The largest absolute Gasteiger partial charge is 0.464 e. The molecular formula is C38H22O2. The van der Waals surface area contributed by atoms with Gasteiger partial charge in [-0.15, -0.1) is 0 Å². The van der Waals surface area contributed by atoms with Crippen LogP contribution in [0.4, 0.5) is 0 Å². The van der Waals surface area contributed by atoms with E-state index < -0.39 is 107 Å². The zero-order chi connectivity index (χ0) is 39.3. The summed E-state index contributed by atoms with van der Waals surface area (Å²) in [5.41, 5.74) is 0.727. The van der Waals surface area contributed by atoms with Crippen molar-refractivity contribution in [3.8, 4) is 22.3 Å². The maximum absolute atomic E-state index is 9.40. The fraction of sp³-hybridized carbons (Fsp3) is 0. The van der Waals surface area contributed by atoms with E-state index in [2.05, 4.69) is 0 Å². The van der Waals surface area contributed by atoms with Gasteiger partial charge >= 0.3 is 0 Å². The van der Waals surface area contributed by atoms with Crippen LogP contribution in [-0.2, 0) is 0 Å². The summed E-state index contributed by atoms with van der Waals surface area (Å²) in [4.78, 5) is 0. The Morgan fingerprint density at radius 1 is 0.525 bits per heavy atom. The minimum Gasteiger partial charge on any atom is -0.464 e. The van der Waals surface area contributed by atoms with Gasteiger partial charge in [0.05, 0.1) is 26.8 Å². The molecule has 7 aromatic carbocycles. The topological polar surface area (TPSA) is 26.3 Å². The highest BCUT2D eigenvalue weighted by molar-refractivity contribution is 6.26. The smallest absolute Gasteiger partial charge is 0.139 e. The number of hydrogen-bond donors (Lipinski definition) is 0. The second kappa shape index (κ2) is 8.08. The molecule has 2 heteroatoms. The normalized spacial score (nSPS) is 17.2. The van der Waals surface area contributed by atoms with Gasteiger partial charge in [0, 0.05) is 22.2 Å². The highest BCUT2D eigenvalue weighted by Gasteiger charge is 2.20. The summed E-state index contributed by atoms with van der Waals surface area (Å²) in [5, 5.41) is -0.118. The van der Waals surface area contributed by atoms with Gasteiger partial charge in [-0.1, -0.05) is 96.7 Å². The molecule has 0 saturated heterocycles. The van der Waals surface area contributed by atoms with Crippen LogP contribution in [0.5, 0.6) is 0 Å². The predicted octanol–water partition coefficient (Wildman–Crippen LogP) is 11.1. The van der Waals surface area contributed by atoms with Gasteiger partial charge < -0.3 is 8.83 Å². The van der Waals surface area contributed by atoms with Crippen LogP contribution in [0.3, 0.4) is 0 Å². The van der Waals surface area contributed by atoms with E-state index in [1.165, 1.54) is 6.26 Å². The molecule has 40 heavy (non-hydrogen) atoms. The van der Waals surface area contributed by atoms with Gasteiger partial charge in [-0.25, -0.2) is 0 Å². The third-order valence-electron chi connectivity index (χ3n) is 7.21. The van der Waals surface area contributed by atoms with Crippen LogP contribution < -0.4 is 0 Å². The number of hydrogen-bond acceptors (Lipinski definition) is 2. The quantitative estimate of drug-likeness (QED) is 0.210. The third-order valence-corrected chi connectivity index (χ3v) is 7.21. The molecule has 0 saturated carbocycles. The SMILES string of the molecule is [2H]c1c([2H])c([2H])c2c([2H])c(-c3c4c([2H])c([2H])c([2H])c([2H])c4c(-c4cccc5oc6cc7occc7cc6c45)c4c([2H])c([2H])c([2H])c([2H])c34)c([2H])c([2H])c2c1[2H]. The van der Waals surface area contributed by atoms with Crippen molar-refractivity contribution in [1.82, 2.24) is 0 Å². The van der Waals surface area contributed by atoms with E-state index in [0.717, 1.165) is 5.39 Å². The van der Waals surface area contributed by atoms with Crippen molar-refractivity contribution in [3.05, 3.63) is 133 Å². The van der Waals surface area contributed by atoms with Crippen LogP contribution in [-0.4, -0.2) is 0 Å². The van der Waals surface area contributed by atoms with Crippen LogP contribution in [0.2, 0.25) is 0 Å². The lowest BCUT2D eigenvalue weighted by Gasteiger charge is -2.18. The fourth-order valence-corrected chi connectivity index (χ4v) is 5.54. The Balaban J connectivity index is 1.62. The maximum Gasteiger partial charge on any atom is 0.139 e. The predicted molar refractivity (Wildman–Crippen MR) is 167 cm³/mol. The van der Waals surface area contributed by atoms with E-state index in [1.54, 1.807) is 30.3 Å². The molecule has 0 amide bonds. The second-order valence-electron chi connectivity index (χ2n) is 9.34. The summed E-state index contributed by atoms with van der Waals surface area (Å²) < 4.78 is 145. The lowest BCUT2D eigenvalue weighted by molar-refractivity contribution is 0.613. The van der Waals surface area contributed by atoms with Gasteiger partial charge in [-0.2, -0.15) is 0 Å². The van der Waals surface area contributed by atoms with Crippen molar-refractivity contribution in [2.24, 2.45) is 0 Å². The van der Waals surface area contributed by atoms with Crippen LogP contribution in [0.1, 0.15) is 20.6 Å². The summed E-state index contributed by atoms with van der Waals surface area (Å²) in [5.74, 6) is 0. The lowest BCUT2D eigenvalue weighted by Crippen LogP contribution is -1.91. The maximum atomic E-state index is 9.40. The van der Waals surface area contributed by atoms with Gasteiger partial charge in [-0.05, 0) is 78.8 Å². The van der Waals surface area contributed by atoms with Crippen molar-refractivity contribution in [3.63, 3.8) is 0 Å². The van der Waals surface area contributed by atoms with Crippen LogP contribution in [0.15, 0.2) is 142 Å². The first kappa shape index (κ1) is 11.8. The Bertz CT molecular complexity index is 3190. The Labute approximate surface area is 250 Å². The van der Waals surface area contributed by atoms with Crippen molar-refractivity contribution in [1.29, 1.82) is 0 Å². The zero-order valence-electron chi connectivity index (χ0n) is 35.4. The van der Waals surface area contributed by atoms with Crippen molar-refractivity contribution in [2.75, 3.05) is 0 Å². The van der Waals surface area contributed by atoms with E-state index in [0.29, 0.717) is 33.1 Å². The highest BCUT2D eigenvalue weighted by atomic mass is 16.3. The van der Waals surface area contributed by atoms with E-state index in [1.807, 2.05) is 6.07 Å². The molecule has 0 aliphatic carbocycles. The van der Waals surface area contributed by atoms with Gasteiger partial charge in [0.1, 0.15) is 16.7 Å². The molecule has 186 valence electrons. The molecule has 2 heterocycles. The van der Waals surface area contributed by atoms with Crippen molar-refractivity contribution < 1.29 is 29.4 Å². The lowest BCUT2D eigenvalue weighted by atomic mass is 9.84. The minimum absolute atomic E-state index is 0.000190. The summed E-state index contributed by atoms with van der Waals surface area (Å²) in [6.07, 6.45) is 1.51. The van der Waals surface area contributed by atoms with Crippen molar-refractivity contribution >= 4 is 65.2 Å². The number of furan rings is 2. The van der Waals surface area contributed by atoms with Crippen LogP contribution in [0.25, 0.3) is 87.5 Å². The van der Waals surface area contributed by atoms with Gasteiger partial charge in [0.2, 0.25) is 0 Å². The third kappa shape index (κ3) is 2.99. The highest BCUT2D eigenvalue weighted by Crippen LogP contribution is 2.47. The standard InChI is InChI=1S/C38H22O2/c1-2-9-24-20-26(17-16-23(24)8-1)36-27-10-3-5-12-29(27)37(30-13-6-4-11-28(30)36)31-14-7-15-33-38(31)32-21-25-18-19-39-34(25)22-35(32)40-33/h1-22H/i1D,2D,3D,4D,5D,6D,8D,9D,10D,11D,12D,13D,16D,17D,20D. The van der Waals surface area contributed by atoms with Crippen LogP contribution >= 0.6 is 0 Å². The molecule has 2 nitrogen and oxygen atoms in total. The summed E-state index contributed by atoms with van der Waals surface area (Å²) in [6.45, 7) is 0. The number of fused-ring (bicyclic) bond motifs is 7. The first-order valence-electron chi connectivity index (χ1n) is 19.9. The Morgan fingerprint density at radius 3 is 2.00 bits per heavy atom. The molecule has 9 rings (SSSR count). The molecule has 9 aromatic rings. The molecule has 0 aliphatic rings. The first-order chi connectivity index (χ1) is 26.1. The molecular weight excluding hydrogens is 488 g/mol. The Kier molecular flexibility index (Phi) is 2.39. The molecule has 0 spiro atoms. The molecule has 0 bridgehead atoms. The fourth-order valence-electron chi connectivity index (χ4n) is 5.54. The van der Waals surface area contributed by atoms with E-state index in [9.17, 15) is 8.22 Å². The summed E-state index contributed by atoms with van der Waals surface area (Å²) in [6, 6.07) is 0.102. The number of rotatable bonds is 2. The Hall–Kier alpha value is -5.34. The molecule has 0 fully saturated rings. The average Bonchev–Trinajstić information content (AvgIpc) is 3.79. The van der Waals surface area contributed by atoms with E-state index in [4.69, 9.17) is 21.2 Å². The molecule has 0 atom stereocenters. The first-order valence-corrected chi connectivity index (χ1v) is 12.4. The molecule has 0 aliphatic heterocycles. The molecule has 0 unspecified atom stereocenters. The van der Waals surface area contributed by atoms with Gasteiger partial charge in [0.25, 0.3) is 0 Å². The monoisotopic (exact) mass is 525 g/mol. The van der Waals surface area contributed by atoms with E-state index >= 15 is 0 Å². The van der Waals surface area contributed by atoms with Crippen LogP contribution in [0, 0.1) is 0 Å². The Morgan fingerprint density at radius 2 is 1.23 bits per heavy atom. The molecule has 0 radical (unpaired) electrons. The minimum atomic E-state index is -0.746. The van der Waals surface area contributed by atoms with Gasteiger partial charge in [0.15, 0.2) is 0 Å². The van der Waals surface area contributed by atoms with Crippen molar-refractivity contribution in [2.45, 2.75) is 0 Å². The second-order valence-corrected chi connectivity index (χ2v) is 9.34. The van der Waals surface area contributed by atoms with E-state index in [-0.39, 0.29) is 32.7 Å².